The summed E-state index contributed by atoms with van der Waals surface area (Å²) < 4.78 is 58.9. The van der Waals surface area contributed by atoms with E-state index in [1.54, 1.807) is 31.2 Å². The number of nitrogens with one attached hydrogen (secondary N) is 1. The van der Waals surface area contributed by atoms with Crippen LogP contribution in [-0.4, -0.2) is 64.6 Å². The van der Waals surface area contributed by atoms with E-state index >= 15 is 0 Å². The molecule has 1 N–H and O–H groups in total. The molecule has 0 bridgehead atoms. The molecule has 10 nitrogen and oxygen atoms in total. The van der Waals surface area contributed by atoms with Crippen molar-refractivity contribution in [3.05, 3.63) is 78.1 Å². The van der Waals surface area contributed by atoms with E-state index in [2.05, 4.69) is 5.32 Å². The standard InChI is InChI=1S/C32H40FN3O7S/c1-8-27(31(38)34-32(2,3)4)35(20-22-10-9-11-25(18-22)41-5)30(37)21-36(24-14-12-23(33)13-15-24)44(39,40)26-16-17-28(42-6)29(19-26)43-7/h9-19,27H,8,20-21H2,1-7H3,(H,34,38). The summed E-state index contributed by atoms with van der Waals surface area (Å²) in [7, 11) is -0.0923. The highest BCUT2D eigenvalue weighted by Crippen LogP contribution is 2.32. The van der Waals surface area contributed by atoms with Crippen LogP contribution in [0, 0.1) is 5.82 Å². The number of hydrogen-bond acceptors (Lipinski definition) is 7. The maximum Gasteiger partial charge on any atom is 0.264 e. The largest absolute Gasteiger partial charge is 0.497 e. The van der Waals surface area contributed by atoms with Crippen LogP contribution in [0.25, 0.3) is 0 Å². The average molecular weight is 630 g/mol. The molecule has 44 heavy (non-hydrogen) atoms. The first-order valence-electron chi connectivity index (χ1n) is 14.0. The van der Waals surface area contributed by atoms with Crippen LogP contribution in [0.4, 0.5) is 10.1 Å². The number of carbonyl (C=O) groups is 2. The van der Waals surface area contributed by atoms with Gasteiger partial charge in [0.1, 0.15) is 24.2 Å². The number of carbonyl (C=O) groups excluding carboxylic acids is 2. The Kier molecular flexibility index (Phi) is 11.2. The molecule has 3 aromatic rings. The Hall–Kier alpha value is -4.32. The Morgan fingerprint density at radius 2 is 1.57 bits per heavy atom. The van der Waals surface area contributed by atoms with Gasteiger partial charge >= 0.3 is 0 Å². The second-order valence-corrected chi connectivity index (χ2v) is 12.9. The third-order valence-corrected chi connectivity index (χ3v) is 8.48. The maximum absolute atomic E-state index is 14.2. The Morgan fingerprint density at radius 1 is 0.909 bits per heavy atom. The number of ether oxygens (including phenoxy) is 3. The number of amides is 2. The van der Waals surface area contributed by atoms with Crippen LogP contribution >= 0.6 is 0 Å². The molecule has 0 saturated carbocycles. The second-order valence-electron chi connectivity index (χ2n) is 11.0. The van der Waals surface area contributed by atoms with Gasteiger partial charge in [0.25, 0.3) is 10.0 Å². The van der Waals surface area contributed by atoms with Crippen molar-refractivity contribution in [2.45, 2.75) is 57.1 Å². The van der Waals surface area contributed by atoms with E-state index in [9.17, 15) is 22.4 Å². The SMILES string of the molecule is CCC(C(=O)NC(C)(C)C)N(Cc1cccc(OC)c1)C(=O)CN(c1ccc(F)cc1)S(=O)(=O)c1ccc(OC)c(OC)c1. The van der Waals surface area contributed by atoms with E-state index in [-0.39, 0.29) is 35.2 Å². The van der Waals surface area contributed by atoms with Crippen LogP contribution in [0.2, 0.25) is 0 Å². The maximum atomic E-state index is 14.2. The van der Waals surface area contributed by atoms with Gasteiger partial charge in [-0.2, -0.15) is 0 Å². The Balaban J connectivity index is 2.12. The summed E-state index contributed by atoms with van der Waals surface area (Å²) in [4.78, 5) is 28.9. The number of methoxy groups -OCH3 is 3. The summed E-state index contributed by atoms with van der Waals surface area (Å²) in [5.74, 6) is -0.553. The number of benzene rings is 3. The van der Waals surface area contributed by atoms with E-state index in [0.29, 0.717) is 17.1 Å². The van der Waals surface area contributed by atoms with E-state index < -0.39 is 39.9 Å². The van der Waals surface area contributed by atoms with E-state index in [1.165, 1.54) is 56.6 Å². The zero-order valence-electron chi connectivity index (χ0n) is 26.1. The fraction of sp³-hybridized carbons (Fsp3) is 0.375. The minimum absolute atomic E-state index is 0.000231. The summed E-state index contributed by atoms with van der Waals surface area (Å²) in [5, 5.41) is 2.93. The minimum Gasteiger partial charge on any atom is -0.497 e. The summed E-state index contributed by atoms with van der Waals surface area (Å²) in [6.07, 6.45) is 0.261. The number of hydrogen-bond donors (Lipinski definition) is 1. The quantitative estimate of drug-likeness (QED) is 0.290. The van der Waals surface area contributed by atoms with Crippen LogP contribution in [0.5, 0.6) is 17.2 Å². The molecule has 0 aliphatic heterocycles. The van der Waals surface area contributed by atoms with Gasteiger partial charge in [0, 0.05) is 18.2 Å². The lowest BCUT2D eigenvalue weighted by atomic mass is 10.1. The Morgan fingerprint density at radius 3 is 2.14 bits per heavy atom. The van der Waals surface area contributed by atoms with Crippen molar-refractivity contribution >= 4 is 27.5 Å². The molecule has 0 heterocycles. The van der Waals surface area contributed by atoms with Crippen LogP contribution in [0.1, 0.15) is 39.7 Å². The van der Waals surface area contributed by atoms with Crippen molar-refractivity contribution in [2.75, 3.05) is 32.2 Å². The van der Waals surface area contributed by atoms with Gasteiger partial charge in [-0.15, -0.1) is 0 Å². The first kappa shape index (κ1) is 34.2. The number of nitrogens with zero attached hydrogens (tertiary/aromatic N) is 2. The molecule has 3 aromatic carbocycles. The van der Waals surface area contributed by atoms with Crippen molar-refractivity contribution in [1.82, 2.24) is 10.2 Å². The van der Waals surface area contributed by atoms with Crippen molar-refractivity contribution in [3.8, 4) is 17.2 Å². The predicted octanol–water partition coefficient (Wildman–Crippen LogP) is 4.77. The minimum atomic E-state index is -4.41. The predicted molar refractivity (Wildman–Crippen MR) is 166 cm³/mol. The van der Waals surface area contributed by atoms with Crippen molar-refractivity contribution in [3.63, 3.8) is 0 Å². The number of anilines is 1. The van der Waals surface area contributed by atoms with Gasteiger partial charge in [-0.3, -0.25) is 13.9 Å². The number of sulfonamides is 1. The van der Waals surface area contributed by atoms with Gasteiger partial charge in [0.05, 0.1) is 31.9 Å². The molecule has 3 rings (SSSR count). The molecule has 0 fully saturated rings. The normalized spacial score (nSPS) is 12.2. The Bertz CT molecular complexity index is 1560. The molecule has 2 amide bonds. The first-order valence-corrected chi connectivity index (χ1v) is 15.4. The lowest BCUT2D eigenvalue weighted by Crippen LogP contribution is -2.55. The zero-order valence-corrected chi connectivity index (χ0v) is 26.9. The number of halogens is 1. The molecule has 1 unspecified atom stereocenters. The van der Waals surface area contributed by atoms with Gasteiger partial charge in [0.15, 0.2) is 11.5 Å². The number of rotatable bonds is 13. The lowest BCUT2D eigenvalue weighted by Gasteiger charge is -2.34. The highest BCUT2D eigenvalue weighted by Gasteiger charge is 2.35. The molecule has 12 heteroatoms. The lowest BCUT2D eigenvalue weighted by molar-refractivity contribution is -0.141. The van der Waals surface area contributed by atoms with E-state index in [0.717, 1.165) is 16.4 Å². The highest BCUT2D eigenvalue weighted by atomic mass is 32.2. The molecule has 0 aliphatic rings. The van der Waals surface area contributed by atoms with Gasteiger partial charge < -0.3 is 24.4 Å². The van der Waals surface area contributed by atoms with Gasteiger partial charge in [-0.25, -0.2) is 12.8 Å². The highest BCUT2D eigenvalue weighted by molar-refractivity contribution is 7.92. The third kappa shape index (κ3) is 8.40. The third-order valence-electron chi connectivity index (χ3n) is 6.71. The van der Waals surface area contributed by atoms with Gasteiger partial charge in [-0.1, -0.05) is 19.1 Å². The van der Waals surface area contributed by atoms with E-state index in [4.69, 9.17) is 14.2 Å². The molecular formula is C32H40FN3O7S. The van der Waals surface area contributed by atoms with Crippen LogP contribution in [0.3, 0.4) is 0 Å². The van der Waals surface area contributed by atoms with Crippen LogP contribution in [-0.2, 0) is 26.2 Å². The summed E-state index contributed by atoms with van der Waals surface area (Å²) in [6, 6.07) is 14.9. The average Bonchev–Trinajstić information content (AvgIpc) is 2.98. The first-order chi connectivity index (χ1) is 20.7. The molecule has 0 saturated heterocycles. The molecule has 0 spiro atoms. The zero-order chi connectivity index (χ0) is 32.7. The Labute approximate surface area is 258 Å². The summed E-state index contributed by atoms with van der Waals surface area (Å²) >= 11 is 0. The summed E-state index contributed by atoms with van der Waals surface area (Å²) in [5.41, 5.74) is 0.158. The molecular weight excluding hydrogens is 589 g/mol. The van der Waals surface area contributed by atoms with Crippen molar-refractivity contribution in [1.29, 1.82) is 0 Å². The van der Waals surface area contributed by atoms with Gasteiger partial charge in [0.2, 0.25) is 11.8 Å². The van der Waals surface area contributed by atoms with Gasteiger partial charge in [-0.05, 0) is 81.3 Å². The molecule has 1 atom stereocenters. The molecule has 0 aliphatic carbocycles. The smallest absolute Gasteiger partial charge is 0.264 e. The fourth-order valence-electron chi connectivity index (χ4n) is 4.58. The second kappa shape index (κ2) is 14.4. The monoisotopic (exact) mass is 629 g/mol. The molecule has 238 valence electrons. The van der Waals surface area contributed by atoms with Crippen molar-refractivity contribution < 1.29 is 36.6 Å². The van der Waals surface area contributed by atoms with Crippen molar-refractivity contribution in [2.24, 2.45) is 0 Å². The summed E-state index contributed by atoms with van der Waals surface area (Å²) in [6.45, 7) is 6.59. The topological polar surface area (TPSA) is 114 Å². The molecule has 0 aromatic heterocycles. The van der Waals surface area contributed by atoms with E-state index in [1.807, 2.05) is 20.8 Å². The molecule has 0 radical (unpaired) electrons. The van der Waals surface area contributed by atoms with Crippen LogP contribution in [0.15, 0.2) is 71.6 Å². The van der Waals surface area contributed by atoms with Crippen LogP contribution < -0.4 is 23.8 Å². The fourth-order valence-corrected chi connectivity index (χ4v) is 6.01.